The van der Waals surface area contributed by atoms with Gasteiger partial charge in [0.15, 0.2) is 12.4 Å². The zero-order chi connectivity index (χ0) is 20.6. The Hall–Kier alpha value is -2.96. The van der Waals surface area contributed by atoms with Crippen molar-refractivity contribution in [1.82, 2.24) is 0 Å². The fourth-order valence-electron chi connectivity index (χ4n) is 3.27. The van der Waals surface area contributed by atoms with Gasteiger partial charge in [0.2, 0.25) is 0 Å². The Morgan fingerprint density at radius 1 is 0.966 bits per heavy atom. The van der Waals surface area contributed by atoms with Gasteiger partial charge in [0.1, 0.15) is 6.10 Å². The lowest BCUT2D eigenvalue weighted by atomic mass is 9.92. The summed E-state index contributed by atoms with van der Waals surface area (Å²) in [5.74, 6) is -1.26. The molecule has 3 rings (SSSR count). The van der Waals surface area contributed by atoms with Crippen molar-refractivity contribution in [2.45, 2.75) is 24.9 Å². The number of esters is 2. The highest BCUT2D eigenvalue weighted by Gasteiger charge is 2.45. The summed E-state index contributed by atoms with van der Waals surface area (Å²) in [6.07, 6.45) is -0.258. The van der Waals surface area contributed by atoms with Crippen molar-refractivity contribution in [2.75, 3.05) is 13.7 Å². The van der Waals surface area contributed by atoms with E-state index >= 15 is 0 Å². The maximum absolute atomic E-state index is 12.7. The summed E-state index contributed by atoms with van der Waals surface area (Å²) in [5.41, 5.74) is 0.805. The van der Waals surface area contributed by atoms with Crippen molar-refractivity contribution >= 4 is 11.9 Å². The first-order valence-electron chi connectivity index (χ1n) is 9.41. The molecule has 29 heavy (non-hydrogen) atoms. The van der Waals surface area contributed by atoms with Gasteiger partial charge in [0.25, 0.3) is 0 Å². The molecular weight excluding hydrogens is 372 g/mol. The summed E-state index contributed by atoms with van der Waals surface area (Å²) >= 11 is 0. The van der Waals surface area contributed by atoms with Crippen LogP contribution < -0.4 is 0 Å². The summed E-state index contributed by atoms with van der Waals surface area (Å²) < 4.78 is 22.6. The largest absolute Gasteiger partial charge is 0.454 e. The van der Waals surface area contributed by atoms with Crippen LogP contribution in [0.15, 0.2) is 73.3 Å². The van der Waals surface area contributed by atoms with Crippen molar-refractivity contribution in [3.8, 4) is 0 Å². The van der Waals surface area contributed by atoms with Gasteiger partial charge >= 0.3 is 11.9 Å². The van der Waals surface area contributed by atoms with E-state index in [0.29, 0.717) is 17.5 Å². The first kappa shape index (κ1) is 20.8. The van der Waals surface area contributed by atoms with E-state index in [-0.39, 0.29) is 12.5 Å². The molecule has 2 aromatic carbocycles. The van der Waals surface area contributed by atoms with Gasteiger partial charge in [-0.1, -0.05) is 42.5 Å². The molecule has 1 aliphatic rings. The molecule has 1 fully saturated rings. The van der Waals surface area contributed by atoms with Crippen LogP contribution in [-0.2, 0) is 18.9 Å². The standard InChI is InChI=1S/C23H24O6/c1-3-10-18-15-27-23(26-2)20(29-22(25)17-13-8-5-9-14-17)19(18)28-21(24)16-11-6-4-7-12-16/h3-9,11-14,18-20,23H,1,10,15H2,2H3/t18?,19-,20+,23-/m0/s1. The number of rotatable bonds is 7. The van der Waals surface area contributed by atoms with Gasteiger partial charge < -0.3 is 18.9 Å². The summed E-state index contributed by atoms with van der Waals surface area (Å²) in [6, 6.07) is 17.3. The molecule has 152 valence electrons. The second-order valence-electron chi connectivity index (χ2n) is 6.69. The third-order valence-electron chi connectivity index (χ3n) is 4.74. The first-order valence-corrected chi connectivity index (χ1v) is 9.41. The third-order valence-corrected chi connectivity index (χ3v) is 4.74. The topological polar surface area (TPSA) is 71.1 Å². The van der Waals surface area contributed by atoms with Crippen LogP contribution in [0.3, 0.4) is 0 Å². The average Bonchev–Trinajstić information content (AvgIpc) is 2.77. The number of hydrogen-bond acceptors (Lipinski definition) is 6. The Morgan fingerprint density at radius 2 is 1.48 bits per heavy atom. The maximum atomic E-state index is 12.7. The van der Waals surface area contributed by atoms with Gasteiger partial charge in [-0.3, -0.25) is 0 Å². The highest BCUT2D eigenvalue weighted by atomic mass is 16.7. The van der Waals surface area contributed by atoms with Crippen molar-refractivity contribution in [3.63, 3.8) is 0 Å². The van der Waals surface area contributed by atoms with Crippen LogP contribution in [-0.4, -0.2) is 44.2 Å². The number of carbonyl (C=O) groups excluding carboxylic acids is 2. The smallest absolute Gasteiger partial charge is 0.338 e. The number of hydrogen-bond donors (Lipinski definition) is 0. The lowest BCUT2D eigenvalue weighted by molar-refractivity contribution is -0.249. The molecule has 0 spiro atoms. The van der Waals surface area contributed by atoms with Gasteiger partial charge in [-0.15, -0.1) is 6.58 Å². The van der Waals surface area contributed by atoms with E-state index in [1.807, 2.05) is 12.1 Å². The summed E-state index contributed by atoms with van der Waals surface area (Å²) in [5, 5.41) is 0. The quantitative estimate of drug-likeness (QED) is 0.526. The van der Waals surface area contributed by atoms with E-state index < -0.39 is 30.4 Å². The number of allylic oxidation sites excluding steroid dienone is 1. The molecule has 0 saturated carbocycles. The molecule has 6 heteroatoms. The SMILES string of the molecule is C=CCC1CO[C@H](OC)[C@H](OC(=O)c2ccccc2)[C@H]1OC(=O)c1ccccc1. The molecular formula is C23H24O6. The maximum Gasteiger partial charge on any atom is 0.338 e. The van der Waals surface area contributed by atoms with Crippen LogP contribution >= 0.6 is 0 Å². The zero-order valence-corrected chi connectivity index (χ0v) is 16.2. The van der Waals surface area contributed by atoms with Gasteiger partial charge in [-0.2, -0.15) is 0 Å². The molecule has 0 aliphatic carbocycles. The molecule has 1 saturated heterocycles. The van der Waals surface area contributed by atoms with E-state index in [0.717, 1.165) is 0 Å². The third kappa shape index (κ3) is 5.10. The fourth-order valence-corrected chi connectivity index (χ4v) is 3.27. The number of methoxy groups -OCH3 is 1. The Morgan fingerprint density at radius 3 is 1.97 bits per heavy atom. The molecule has 0 amide bonds. The zero-order valence-electron chi connectivity index (χ0n) is 16.2. The van der Waals surface area contributed by atoms with Crippen LogP contribution in [0.5, 0.6) is 0 Å². The minimum atomic E-state index is -0.918. The predicted octanol–water partition coefficient (Wildman–Crippen LogP) is 3.63. The molecule has 0 N–H and O–H groups in total. The number of carbonyl (C=O) groups is 2. The number of benzene rings is 2. The summed E-state index contributed by atoms with van der Waals surface area (Å²) in [4.78, 5) is 25.3. The second-order valence-corrected chi connectivity index (χ2v) is 6.69. The Kier molecular flexibility index (Phi) is 7.16. The minimum Gasteiger partial charge on any atom is -0.454 e. The van der Waals surface area contributed by atoms with Crippen molar-refractivity contribution in [3.05, 3.63) is 84.4 Å². The normalized spacial score (nSPS) is 23.8. The minimum absolute atomic E-state index is 0.222. The molecule has 0 bridgehead atoms. The molecule has 1 unspecified atom stereocenters. The molecule has 2 aromatic rings. The van der Waals surface area contributed by atoms with Gasteiger partial charge in [0.05, 0.1) is 17.7 Å². The highest BCUT2D eigenvalue weighted by Crippen LogP contribution is 2.30. The molecule has 0 radical (unpaired) electrons. The van der Waals surface area contributed by atoms with E-state index in [4.69, 9.17) is 18.9 Å². The fraction of sp³-hybridized carbons (Fsp3) is 0.304. The summed E-state index contributed by atoms with van der Waals surface area (Å²) in [7, 11) is 1.46. The van der Waals surface area contributed by atoms with Gasteiger partial charge in [-0.25, -0.2) is 9.59 Å². The second kappa shape index (κ2) is 10.0. The monoisotopic (exact) mass is 396 g/mol. The van der Waals surface area contributed by atoms with Crippen LogP contribution in [0.4, 0.5) is 0 Å². The Labute approximate surface area is 170 Å². The van der Waals surface area contributed by atoms with Gasteiger partial charge in [-0.05, 0) is 30.7 Å². The van der Waals surface area contributed by atoms with E-state index in [1.54, 1.807) is 54.6 Å². The van der Waals surface area contributed by atoms with Crippen molar-refractivity contribution < 1.29 is 28.5 Å². The lowest BCUT2D eigenvalue weighted by Gasteiger charge is -2.40. The Bertz CT molecular complexity index is 820. The average molecular weight is 396 g/mol. The van der Waals surface area contributed by atoms with E-state index in [1.165, 1.54) is 7.11 Å². The number of ether oxygens (including phenoxy) is 4. The van der Waals surface area contributed by atoms with E-state index in [2.05, 4.69) is 6.58 Å². The highest BCUT2D eigenvalue weighted by molar-refractivity contribution is 5.90. The van der Waals surface area contributed by atoms with Crippen LogP contribution in [0, 0.1) is 5.92 Å². The van der Waals surface area contributed by atoms with E-state index in [9.17, 15) is 9.59 Å². The molecule has 0 aromatic heterocycles. The molecule has 1 aliphatic heterocycles. The van der Waals surface area contributed by atoms with Crippen molar-refractivity contribution in [1.29, 1.82) is 0 Å². The van der Waals surface area contributed by atoms with Crippen LogP contribution in [0.2, 0.25) is 0 Å². The first-order chi connectivity index (χ1) is 14.1. The van der Waals surface area contributed by atoms with Gasteiger partial charge in [0, 0.05) is 13.0 Å². The molecule has 4 atom stereocenters. The molecule has 1 heterocycles. The Balaban J connectivity index is 1.85. The summed E-state index contributed by atoms with van der Waals surface area (Å²) in [6.45, 7) is 4.05. The lowest BCUT2D eigenvalue weighted by Crippen LogP contribution is -2.54. The van der Waals surface area contributed by atoms with Crippen molar-refractivity contribution in [2.24, 2.45) is 5.92 Å². The predicted molar refractivity (Wildman–Crippen MR) is 106 cm³/mol. The van der Waals surface area contributed by atoms with Crippen LogP contribution in [0.1, 0.15) is 27.1 Å². The van der Waals surface area contributed by atoms with Crippen LogP contribution in [0.25, 0.3) is 0 Å². The molecule has 6 nitrogen and oxygen atoms in total.